The van der Waals surface area contributed by atoms with E-state index in [2.05, 4.69) is 244 Å². The summed E-state index contributed by atoms with van der Waals surface area (Å²) in [4.78, 5) is 7.42. The number of hydrogen-bond acceptors (Lipinski definition) is 5. The lowest BCUT2D eigenvalue weighted by Crippen LogP contribution is -2.35. The minimum Gasteiger partial charge on any atom is -0.359 e. The van der Waals surface area contributed by atoms with Gasteiger partial charge in [0.2, 0.25) is 0 Å². The van der Waals surface area contributed by atoms with Gasteiger partial charge in [0.25, 0.3) is 0 Å². The van der Waals surface area contributed by atoms with E-state index in [1.807, 2.05) is 0 Å². The summed E-state index contributed by atoms with van der Waals surface area (Å²) in [5.41, 5.74) is 16.4. The highest BCUT2D eigenvalue weighted by Crippen LogP contribution is 2.52. The van der Waals surface area contributed by atoms with Crippen LogP contribution in [0.25, 0.3) is 16.8 Å². The van der Waals surface area contributed by atoms with Crippen LogP contribution in [0.15, 0.2) is 218 Å². The van der Waals surface area contributed by atoms with Gasteiger partial charge in [0.05, 0.1) is 28.8 Å². The van der Waals surface area contributed by atoms with Crippen LogP contribution in [0.3, 0.4) is 0 Å². The van der Waals surface area contributed by atoms with Crippen LogP contribution in [0.2, 0.25) is 0 Å². The second-order valence-corrected chi connectivity index (χ2v) is 15.1. The molecule has 3 aliphatic heterocycles. The van der Waals surface area contributed by atoms with Crippen LogP contribution in [0, 0.1) is 0 Å². The van der Waals surface area contributed by atoms with Gasteiger partial charge in [0, 0.05) is 22.8 Å². The molecule has 0 bridgehead atoms. The number of fused-ring (bicyclic) bond motifs is 2. The van der Waals surface area contributed by atoms with Crippen molar-refractivity contribution < 1.29 is 0 Å². The number of para-hydroxylation sites is 6. The Balaban J connectivity index is 1.10. The highest BCUT2D eigenvalue weighted by molar-refractivity contribution is 5.90. The van der Waals surface area contributed by atoms with Gasteiger partial charge in [-0.05, 0) is 112 Å². The first-order chi connectivity index (χ1) is 28.8. The minimum absolute atomic E-state index is 0.0277. The maximum Gasteiger partial charge on any atom is 0.130 e. The Labute approximate surface area is 339 Å². The summed E-state index contributed by atoms with van der Waals surface area (Å²) in [6.07, 6.45) is 2.11. The maximum absolute atomic E-state index is 3.95. The normalized spacial score (nSPS) is 17.8. The monoisotopic (exact) mass is 747 g/mol. The van der Waals surface area contributed by atoms with Crippen molar-refractivity contribution >= 4 is 45.5 Å². The van der Waals surface area contributed by atoms with Gasteiger partial charge in [-0.2, -0.15) is 0 Å². The number of hydrogen-bond donors (Lipinski definition) is 2. The zero-order valence-corrected chi connectivity index (χ0v) is 31.9. The molecule has 3 heterocycles. The van der Waals surface area contributed by atoms with Crippen molar-refractivity contribution in [2.45, 2.75) is 18.4 Å². The van der Waals surface area contributed by atoms with Crippen LogP contribution in [0.4, 0.5) is 39.8 Å². The zero-order chi connectivity index (χ0) is 38.4. The lowest BCUT2D eigenvalue weighted by Gasteiger charge is -2.43. The fourth-order valence-corrected chi connectivity index (χ4v) is 8.94. The van der Waals surface area contributed by atoms with E-state index in [1.165, 1.54) is 39.1 Å². The minimum atomic E-state index is -0.155. The molecule has 58 heavy (non-hydrogen) atoms. The summed E-state index contributed by atoms with van der Waals surface area (Å²) in [5, 5.41) is 7.90. The van der Waals surface area contributed by atoms with Gasteiger partial charge < -0.3 is 25.3 Å². The van der Waals surface area contributed by atoms with Crippen LogP contribution in [-0.4, -0.2) is 0 Å². The SMILES string of the molecule is C1=C(c2ccccc2)N(c2cc(C3Nc4ccccc4N3c3ccccc3)cc(C3Nc4ccccc4N3c3ccccc3)c2)C1c1cccc(-c2ccccc2)c1. The van der Waals surface area contributed by atoms with Crippen molar-refractivity contribution in [1.82, 2.24) is 0 Å². The van der Waals surface area contributed by atoms with E-state index in [1.54, 1.807) is 0 Å². The third kappa shape index (κ3) is 5.87. The van der Waals surface area contributed by atoms with E-state index >= 15 is 0 Å². The molecule has 5 nitrogen and oxygen atoms in total. The van der Waals surface area contributed by atoms with Crippen molar-refractivity contribution in [2.24, 2.45) is 0 Å². The predicted octanol–water partition coefficient (Wildman–Crippen LogP) is 13.5. The molecule has 11 rings (SSSR count). The van der Waals surface area contributed by atoms with Gasteiger partial charge in [0.1, 0.15) is 12.3 Å². The Kier molecular flexibility index (Phi) is 8.29. The summed E-state index contributed by atoms with van der Waals surface area (Å²) in [7, 11) is 0. The van der Waals surface area contributed by atoms with Crippen molar-refractivity contribution in [1.29, 1.82) is 0 Å². The quantitative estimate of drug-likeness (QED) is 0.162. The number of nitrogens with zero attached hydrogens (tertiary/aromatic N) is 3. The smallest absolute Gasteiger partial charge is 0.130 e. The van der Waals surface area contributed by atoms with E-state index in [0.29, 0.717) is 0 Å². The molecule has 0 amide bonds. The first-order valence-electron chi connectivity index (χ1n) is 20.0. The van der Waals surface area contributed by atoms with Crippen LogP contribution < -0.4 is 25.3 Å². The Morgan fingerprint density at radius 3 is 1.34 bits per heavy atom. The summed E-state index contributed by atoms with van der Waals surface area (Å²) in [6.45, 7) is 0. The maximum atomic E-state index is 3.95. The lowest BCUT2D eigenvalue weighted by molar-refractivity contribution is 0.777. The Bertz CT molecular complexity index is 2650. The highest BCUT2D eigenvalue weighted by Gasteiger charge is 2.38. The van der Waals surface area contributed by atoms with Gasteiger partial charge in [-0.15, -0.1) is 0 Å². The molecule has 0 fully saturated rings. The Morgan fingerprint density at radius 2 is 0.793 bits per heavy atom. The molecular formula is C53H41N5. The highest BCUT2D eigenvalue weighted by atomic mass is 15.3. The van der Waals surface area contributed by atoms with E-state index in [-0.39, 0.29) is 18.4 Å². The number of benzene rings is 8. The molecule has 2 N–H and O–H groups in total. The number of anilines is 7. The fraction of sp³-hybridized carbons (Fsp3) is 0.0566. The van der Waals surface area contributed by atoms with Crippen LogP contribution in [0.1, 0.15) is 40.6 Å². The van der Waals surface area contributed by atoms with Gasteiger partial charge in [-0.1, -0.05) is 140 Å². The zero-order valence-electron chi connectivity index (χ0n) is 31.9. The van der Waals surface area contributed by atoms with Crippen LogP contribution >= 0.6 is 0 Å². The van der Waals surface area contributed by atoms with Crippen LogP contribution in [0.5, 0.6) is 0 Å². The van der Waals surface area contributed by atoms with Crippen molar-refractivity contribution in [3.8, 4) is 11.1 Å². The first-order valence-corrected chi connectivity index (χ1v) is 20.0. The molecule has 3 atom stereocenters. The molecule has 0 spiro atoms. The number of rotatable bonds is 8. The Morgan fingerprint density at radius 1 is 0.328 bits per heavy atom. The molecule has 8 aromatic carbocycles. The molecule has 0 saturated carbocycles. The van der Waals surface area contributed by atoms with Crippen molar-refractivity contribution in [3.05, 3.63) is 241 Å². The molecule has 0 aromatic heterocycles. The summed E-state index contributed by atoms with van der Waals surface area (Å²) in [6, 6.07) is 76.5. The average molecular weight is 748 g/mol. The average Bonchev–Trinajstić information content (AvgIpc) is 3.87. The predicted molar refractivity (Wildman–Crippen MR) is 241 cm³/mol. The lowest BCUT2D eigenvalue weighted by atomic mass is 9.89. The van der Waals surface area contributed by atoms with E-state index in [9.17, 15) is 0 Å². The molecule has 0 saturated heterocycles. The first kappa shape index (κ1) is 33.8. The third-order valence-corrected chi connectivity index (χ3v) is 11.6. The molecule has 3 unspecified atom stereocenters. The molecule has 5 heteroatoms. The van der Waals surface area contributed by atoms with Crippen LogP contribution in [-0.2, 0) is 0 Å². The molecule has 0 aliphatic carbocycles. The number of nitrogens with one attached hydrogen (secondary N) is 2. The van der Waals surface area contributed by atoms with Gasteiger partial charge in [0.15, 0.2) is 0 Å². The molecule has 3 aliphatic rings. The molecule has 0 radical (unpaired) electrons. The topological polar surface area (TPSA) is 33.8 Å². The van der Waals surface area contributed by atoms with E-state index in [0.717, 1.165) is 39.8 Å². The third-order valence-electron chi connectivity index (χ3n) is 11.6. The summed E-state index contributed by atoms with van der Waals surface area (Å²) >= 11 is 0. The largest absolute Gasteiger partial charge is 0.359 e. The van der Waals surface area contributed by atoms with Crippen molar-refractivity contribution in [2.75, 3.05) is 25.3 Å². The molecule has 278 valence electrons. The second-order valence-electron chi connectivity index (χ2n) is 15.1. The van der Waals surface area contributed by atoms with Gasteiger partial charge in [-0.3, -0.25) is 0 Å². The molecule has 8 aromatic rings. The second kappa shape index (κ2) is 14.2. The van der Waals surface area contributed by atoms with E-state index in [4.69, 9.17) is 0 Å². The van der Waals surface area contributed by atoms with Gasteiger partial charge in [-0.25, -0.2) is 0 Å². The molecular weight excluding hydrogens is 707 g/mol. The standard InChI is InChI=1S/C53H41N5/c1-5-18-37(19-6-1)39-22-17-23-40(32-39)51-36-50(38-20-7-2-8-21-38)56(51)45-34-41(52-54-46-28-13-15-30-48(46)57(52)43-24-9-3-10-25-43)33-42(35-45)53-55-47-29-14-16-31-49(47)58(53)44-26-11-4-12-27-44/h1-36,51-55H. The van der Waals surface area contributed by atoms with E-state index < -0.39 is 0 Å². The Hall–Kier alpha value is -7.50. The van der Waals surface area contributed by atoms with Gasteiger partial charge >= 0.3 is 0 Å². The summed E-state index contributed by atoms with van der Waals surface area (Å²) in [5.74, 6) is 0. The summed E-state index contributed by atoms with van der Waals surface area (Å²) < 4.78 is 0. The fourth-order valence-electron chi connectivity index (χ4n) is 8.94. The van der Waals surface area contributed by atoms with Crippen molar-refractivity contribution in [3.63, 3.8) is 0 Å².